The number of amides is 1. The zero-order valence-electron chi connectivity index (χ0n) is 20.9. The van der Waals surface area contributed by atoms with E-state index in [1.54, 1.807) is 4.68 Å². The minimum absolute atomic E-state index is 0.190. The highest BCUT2D eigenvalue weighted by molar-refractivity contribution is 6.07. The summed E-state index contributed by atoms with van der Waals surface area (Å²) in [6.07, 6.45) is 2.12. The number of hydrogen-bond donors (Lipinski definition) is 2. The van der Waals surface area contributed by atoms with Crippen LogP contribution in [0.3, 0.4) is 0 Å². The van der Waals surface area contributed by atoms with E-state index in [4.69, 9.17) is 0 Å². The Balaban J connectivity index is 1.48. The predicted octanol–water partition coefficient (Wildman–Crippen LogP) is 5.22. The van der Waals surface area contributed by atoms with Crippen LogP contribution in [0.15, 0.2) is 90.3 Å². The molecule has 0 fully saturated rings. The number of carbonyl (C=O) groups excluding carboxylic acids is 1. The van der Waals surface area contributed by atoms with Gasteiger partial charge >= 0.3 is 0 Å². The first-order chi connectivity index (χ1) is 18.0. The maximum Gasteiger partial charge on any atom is 0.255 e. The summed E-state index contributed by atoms with van der Waals surface area (Å²) in [4.78, 5) is 13.9. The Kier molecular flexibility index (Phi) is 5.56. The zero-order chi connectivity index (χ0) is 25.5. The number of aryl methyl sites for hydroxylation is 1. The molecule has 37 heavy (non-hydrogen) atoms. The number of para-hydroxylation sites is 1. The fourth-order valence-corrected chi connectivity index (χ4v) is 5.07. The lowest BCUT2D eigenvalue weighted by Gasteiger charge is -2.27. The van der Waals surface area contributed by atoms with Gasteiger partial charge in [-0.05, 0) is 60.0 Å². The van der Waals surface area contributed by atoms with Gasteiger partial charge in [-0.25, -0.2) is 0 Å². The van der Waals surface area contributed by atoms with E-state index in [-0.39, 0.29) is 5.91 Å². The van der Waals surface area contributed by atoms with Crippen LogP contribution in [-0.2, 0) is 11.3 Å². The second kappa shape index (κ2) is 9.05. The third kappa shape index (κ3) is 3.96. The number of nitrogens with zero attached hydrogens (tertiary/aromatic N) is 5. The van der Waals surface area contributed by atoms with Crippen molar-refractivity contribution in [1.29, 1.82) is 0 Å². The molecular weight excluding hydrogens is 462 g/mol. The molecule has 184 valence electrons. The molecule has 0 aliphatic carbocycles. The number of aromatic nitrogens is 5. The van der Waals surface area contributed by atoms with Crippen LogP contribution in [0.5, 0.6) is 0 Å². The molecule has 0 spiro atoms. The highest BCUT2D eigenvalue weighted by atomic mass is 16.1. The molecule has 1 aliphatic heterocycles. The van der Waals surface area contributed by atoms with Crippen molar-refractivity contribution in [1.82, 2.24) is 24.8 Å². The van der Waals surface area contributed by atoms with Crippen LogP contribution >= 0.6 is 0 Å². The summed E-state index contributed by atoms with van der Waals surface area (Å²) >= 11 is 0. The average molecular weight is 490 g/mol. The van der Waals surface area contributed by atoms with E-state index >= 15 is 0 Å². The third-order valence-corrected chi connectivity index (χ3v) is 7.12. The predicted molar refractivity (Wildman–Crippen MR) is 144 cm³/mol. The van der Waals surface area contributed by atoms with Gasteiger partial charge < -0.3 is 15.2 Å². The van der Waals surface area contributed by atoms with Crippen LogP contribution < -0.4 is 10.6 Å². The van der Waals surface area contributed by atoms with Crippen LogP contribution in [0.25, 0.3) is 10.9 Å². The van der Waals surface area contributed by atoms with Crippen molar-refractivity contribution < 1.29 is 4.79 Å². The summed E-state index contributed by atoms with van der Waals surface area (Å²) < 4.78 is 3.92. The Hall–Kier alpha value is -4.72. The molecular formula is C29H27N7O. The van der Waals surface area contributed by atoms with Crippen molar-refractivity contribution in [2.75, 3.05) is 10.6 Å². The summed E-state index contributed by atoms with van der Waals surface area (Å²) in [5.41, 5.74) is 7.48. The van der Waals surface area contributed by atoms with Crippen molar-refractivity contribution >= 4 is 28.4 Å². The van der Waals surface area contributed by atoms with E-state index in [2.05, 4.69) is 61.2 Å². The van der Waals surface area contributed by atoms with Crippen LogP contribution in [0.1, 0.15) is 35.2 Å². The third-order valence-electron chi connectivity index (χ3n) is 7.12. The summed E-state index contributed by atoms with van der Waals surface area (Å²) in [5, 5.41) is 19.8. The minimum atomic E-state index is -0.502. The van der Waals surface area contributed by atoms with Crippen molar-refractivity contribution in [2.24, 2.45) is 0 Å². The molecule has 2 aromatic heterocycles. The van der Waals surface area contributed by atoms with Gasteiger partial charge in [0.2, 0.25) is 5.95 Å². The molecule has 0 radical (unpaired) electrons. The molecule has 0 saturated heterocycles. The first-order valence-corrected chi connectivity index (χ1v) is 12.3. The van der Waals surface area contributed by atoms with E-state index in [9.17, 15) is 4.79 Å². The highest BCUT2D eigenvalue weighted by Crippen LogP contribution is 2.39. The van der Waals surface area contributed by atoms with Crippen molar-refractivity contribution in [3.63, 3.8) is 0 Å². The standard InChI is InChI=1S/C29H27N7O/c1-18-10-9-14-24(19(18)2)31-28(37)26-20(3)30-29-32-33-34-36(29)27(26)23-17-35(16-21-11-5-4-6-12-21)25-15-8-7-13-22(23)25/h4-15,17,27H,16H2,1-3H3,(H,31,37)(H,30,32,34). The van der Waals surface area contributed by atoms with Gasteiger partial charge in [0.05, 0.1) is 5.57 Å². The van der Waals surface area contributed by atoms with Crippen LogP contribution in [0, 0.1) is 13.8 Å². The Morgan fingerprint density at radius 2 is 1.76 bits per heavy atom. The summed E-state index contributed by atoms with van der Waals surface area (Å²) in [6.45, 7) is 6.66. The molecule has 6 rings (SSSR count). The normalized spacial score (nSPS) is 14.9. The monoisotopic (exact) mass is 489 g/mol. The molecule has 0 bridgehead atoms. The molecule has 1 aliphatic rings. The molecule has 1 unspecified atom stereocenters. The summed E-state index contributed by atoms with van der Waals surface area (Å²) in [5.74, 6) is 0.315. The Bertz CT molecular complexity index is 1660. The van der Waals surface area contributed by atoms with Gasteiger partial charge in [-0.3, -0.25) is 4.79 Å². The number of nitrogens with one attached hydrogen (secondary N) is 2. The number of allylic oxidation sites excluding steroid dienone is 1. The molecule has 1 amide bonds. The molecule has 8 nitrogen and oxygen atoms in total. The molecule has 3 heterocycles. The lowest BCUT2D eigenvalue weighted by atomic mass is 9.94. The lowest BCUT2D eigenvalue weighted by molar-refractivity contribution is -0.113. The number of tetrazole rings is 1. The van der Waals surface area contributed by atoms with Crippen LogP contribution in [-0.4, -0.2) is 30.7 Å². The molecule has 3 aromatic carbocycles. The molecule has 1 atom stereocenters. The quantitative estimate of drug-likeness (QED) is 0.353. The van der Waals surface area contributed by atoms with Crippen molar-refractivity contribution in [3.8, 4) is 0 Å². The summed E-state index contributed by atoms with van der Waals surface area (Å²) in [6, 6.07) is 24.0. The second-order valence-electron chi connectivity index (χ2n) is 9.43. The molecule has 0 saturated carbocycles. The second-order valence-corrected chi connectivity index (χ2v) is 9.43. The van der Waals surface area contributed by atoms with Gasteiger partial charge in [0.15, 0.2) is 0 Å². The smallest absolute Gasteiger partial charge is 0.255 e. The molecule has 2 N–H and O–H groups in total. The van der Waals surface area contributed by atoms with E-state index in [0.29, 0.717) is 18.1 Å². The number of benzene rings is 3. The number of anilines is 2. The fourth-order valence-electron chi connectivity index (χ4n) is 5.07. The lowest BCUT2D eigenvalue weighted by Crippen LogP contribution is -2.31. The largest absolute Gasteiger partial charge is 0.343 e. The molecule has 8 heteroatoms. The number of fused-ring (bicyclic) bond motifs is 2. The zero-order valence-corrected chi connectivity index (χ0v) is 20.9. The number of rotatable bonds is 5. The van der Waals surface area contributed by atoms with Gasteiger partial charge in [-0.1, -0.05) is 65.8 Å². The minimum Gasteiger partial charge on any atom is -0.343 e. The van der Waals surface area contributed by atoms with Crippen molar-refractivity contribution in [2.45, 2.75) is 33.4 Å². The first kappa shape index (κ1) is 22.7. The Labute approximate surface area is 214 Å². The van der Waals surface area contributed by atoms with Gasteiger partial charge in [0, 0.05) is 40.6 Å². The average Bonchev–Trinajstić information content (AvgIpc) is 3.51. The molecule has 5 aromatic rings. The van der Waals surface area contributed by atoms with E-state index < -0.39 is 6.04 Å². The van der Waals surface area contributed by atoms with E-state index in [1.165, 1.54) is 5.56 Å². The maximum atomic E-state index is 13.9. The van der Waals surface area contributed by atoms with Crippen LogP contribution in [0.2, 0.25) is 0 Å². The number of carbonyl (C=O) groups is 1. The first-order valence-electron chi connectivity index (χ1n) is 12.3. The van der Waals surface area contributed by atoms with Crippen LogP contribution in [0.4, 0.5) is 11.6 Å². The highest BCUT2D eigenvalue weighted by Gasteiger charge is 2.36. The summed E-state index contributed by atoms with van der Waals surface area (Å²) in [7, 11) is 0. The van der Waals surface area contributed by atoms with Gasteiger partial charge in [-0.2, -0.15) is 4.68 Å². The Morgan fingerprint density at radius 3 is 2.59 bits per heavy atom. The van der Waals surface area contributed by atoms with E-state index in [0.717, 1.165) is 39.0 Å². The van der Waals surface area contributed by atoms with Gasteiger partial charge in [0.25, 0.3) is 5.91 Å². The SMILES string of the molecule is CC1=C(C(=O)Nc2cccc(C)c2C)C(c2cn(Cc3ccccc3)c3ccccc23)n2nnnc2N1. The Morgan fingerprint density at radius 1 is 0.973 bits per heavy atom. The maximum absolute atomic E-state index is 13.9. The number of hydrogen-bond acceptors (Lipinski definition) is 5. The topological polar surface area (TPSA) is 89.7 Å². The van der Waals surface area contributed by atoms with E-state index in [1.807, 2.05) is 69.3 Å². The van der Waals surface area contributed by atoms with Gasteiger partial charge in [-0.15, -0.1) is 0 Å². The fraction of sp³-hybridized carbons (Fsp3) is 0.172. The van der Waals surface area contributed by atoms with Crippen molar-refractivity contribution in [3.05, 3.63) is 113 Å². The van der Waals surface area contributed by atoms with Gasteiger partial charge in [0.1, 0.15) is 6.04 Å².